The number of carboxylic acid groups (broad SMARTS) is 1. The molecule has 0 saturated carbocycles. The van der Waals surface area contributed by atoms with Gasteiger partial charge in [0.05, 0.1) is 24.2 Å². The first-order valence-electron chi connectivity index (χ1n) is 10.3. The molecule has 2 heterocycles. The minimum Gasteiger partial charge on any atom is -0.481 e. The van der Waals surface area contributed by atoms with E-state index in [-0.39, 0.29) is 18.5 Å². The molecule has 160 valence electrons. The van der Waals surface area contributed by atoms with E-state index in [1.54, 1.807) is 12.3 Å². The van der Waals surface area contributed by atoms with Crippen LogP contribution in [0, 0.1) is 0 Å². The zero-order valence-electron chi connectivity index (χ0n) is 17.0. The van der Waals surface area contributed by atoms with E-state index in [1.807, 2.05) is 42.5 Å². The molecule has 0 spiro atoms. The van der Waals surface area contributed by atoms with Gasteiger partial charge in [0.15, 0.2) is 0 Å². The Kier molecular flexibility index (Phi) is 6.70. The molecule has 0 amide bonds. The number of fused-ring (bicyclic) bond motifs is 1. The van der Waals surface area contributed by atoms with Gasteiger partial charge in [-0.1, -0.05) is 48.0 Å². The van der Waals surface area contributed by atoms with Gasteiger partial charge in [-0.3, -0.25) is 4.79 Å². The highest BCUT2D eigenvalue weighted by Gasteiger charge is 2.27. The molecule has 2 aromatic carbocycles. The van der Waals surface area contributed by atoms with Crippen LogP contribution in [0.3, 0.4) is 0 Å². The Morgan fingerprint density at radius 3 is 2.77 bits per heavy atom. The van der Waals surface area contributed by atoms with Gasteiger partial charge in [0.1, 0.15) is 5.82 Å². The first-order valence-corrected chi connectivity index (χ1v) is 10.7. The second-order valence-corrected chi connectivity index (χ2v) is 8.10. The topological polar surface area (TPSA) is 86.3 Å². The molecule has 4 rings (SSSR count). The molecule has 3 aromatic rings. The van der Waals surface area contributed by atoms with Crippen molar-refractivity contribution >= 4 is 29.1 Å². The Balaban J connectivity index is 1.47. The summed E-state index contributed by atoms with van der Waals surface area (Å²) in [6.45, 7) is 1.49. The molecule has 6 nitrogen and oxygen atoms in total. The van der Waals surface area contributed by atoms with Crippen LogP contribution in [0.4, 0.5) is 11.5 Å². The molecular weight excluding hydrogens is 412 g/mol. The quantitative estimate of drug-likeness (QED) is 0.424. The lowest BCUT2D eigenvalue weighted by Crippen LogP contribution is -2.44. The van der Waals surface area contributed by atoms with Crippen molar-refractivity contribution in [2.75, 3.05) is 23.7 Å². The van der Waals surface area contributed by atoms with Gasteiger partial charge in [-0.2, -0.15) is 0 Å². The van der Waals surface area contributed by atoms with Gasteiger partial charge >= 0.3 is 5.97 Å². The molecule has 1 aromatic heterocycles. The van der Waals surface area contributed by atoms with E-state index in [2.05, 4.69) is 33.1 Å². The number of rotatable bonds is 8. The molecule has 0 radical (unpaired) electrons. The van der Waals surface area contributed by atoms with Gasteiger partial charge in [0.25, 0.3) is 0 Å². The largest absolute Gasteiger partial charge is 0.481 e. The van der Waals surface area contributed by atoms with Crippen LogP contribution in [0.25, 0.3) is 0 Å². The second-order valence-electron chi connectivity index (χ2n) is 7.66. The number of hydrogen-bond acceptors (Lipinski definition) is 5. The number of carboxylic acids is 1. The Hall–Kier alpha value is -3.09. The average Bonchev–Trinajstić information content (AvgIpc) is 2.76. The number of benzene rings is 2. The van der Waals surface area contributed by atoms with Crippen molar-refractivity contribution in [3.63, 3.8) is 0 Å². The predicted octanol–water partition coefficient (Wildman–Crippen LogP) is 4.14. The van der Waals surface area contributed by atoms with Crippen molar-refractivity contribution in [1.29, 1.82) is 0 Å². The summed E-state index contributed by atoms with van der Waals surface area (Å²) < 4.78 is 0. The second kappa shape index (κ2) is 9.81. The number of anilines is 2. The minimum atomic E-state index is -0.861. The molecule has 0 saturated heterocycles. The minimum absolute atomic E-state index is 0.0301. The smallest absolute Gasteiger partial charge is 0.307 e. The van der Waals surface area contributed by atoms with Crippen molar-refractivity contribution in [2.45, 2.75) is 24.9 Å². The van der Waals surface area contributed by atoms with Gasteiger partial charge in [0.2, 0.25) is 0 Å². The highest BCUT2D eigenvalue weighted by atomic mass is 35.5. The lowest BCUT2D eigenvalue weighted by atomic mass is 9.97. The lowest BCUT2D eigenvalue weighted by molar-refractivity contribution is -0.136. The fraction of sp³-hybridized carbons (Fsp3) is 0.250. The van der Waals surface area contributed by atoms with Crippen molar-refractivity contribution < 1.29 is 9.90 Å². The van der Waals surface area contributed by atoms with Crippen molar-refractivity contribution in [3.8, 4) is 0 Å². The van der Waals surface area contributed by atoms with Gasteiger partial charge in [0, 0.05) is 17.8 Å². The molecule has 31 heavy (non-hydrogen) atoms. The maximum Gasteiger partial charge on any atom is 0.307 e. The number of halogens is 1. The third-order valence-electron chi connectivity index (χ3n) is 5.35. The van der Waals surface area contributed by atoms with Crippen LogP contribution in [-0.2, 0) is 17.6 Å². The summed E-state index contributed by atoms with van der Waals surface area (Å²) in [5, 5.41) is 20.3. The molecule has 0 fully saturated rings. The summed E-state index contributed by atoms with van der Waals surface area (Å²) >= 11 is 6.20. The van der Waals surface area contributed by atoms with Gasteiger partial charge in [-0.15, -0.1) is 0 Å². The molecule has 7 heteroatoms. The molecule has 0 bridgehead atoms. The number of nitrogens with zero attached hydrogens (tertiary/aromatic N) is 1. The number of aromatic nitrogens is 1. The van der Waals surface area contributed by atoms with Gasteiger partial charge in [-0.05, 0) is 53.9 Å². The molecule has 1 aliphatic heterocycles. The van der Waals surface area contributed by atoms with Crippen molar-refractivity contribution in [3.05, 3.63) is 88.6 Å². The van der Waals surface area contributed by atoms with Gasteiger partial charge < -0.3 is 21.1 Å². The first kappa shape index (κ1) is 21.2. The molecule has 1 aliphatic rings. The summed E-state index contributed by atoms with van der Waals surface area (Å²) in [7, 11) is 0. The normalized spacial score (nSPS) is 16.0. The average molecular weight is 437 g/mol. The number of nitrogens with one attached hydrogen (secondary N) is 3. The standard InChI is InChI=1S/C24H25ClN4O2/c25-19-12-16(11-17(13-19)14-22(30)31)8-10-26-23(18-5-2-1-3-6-18)21-15-28-20-7-4-9-27-24(20)29-21/h1-7,9,11-13,21,23,26,28H,8,10,14-15H2,(H,27,29)(H,30,31)/t21-,23-/m1/s1. The summed E-state index contributed by atoms with van der Waals surface area (Å²) in [5.74, 6) is -0.00474. The van der Waals surface area contributed by atoms with E-state index < -0.39 is 5.97 Å². The van der Waals surface area contributed by atoms with Crippen LogP contribution in [0.1, 0.15) is 22.7 Å². The Morgan fingerprint density at radius 2 is 1.97 bits per heavy atom. The molecule has 0 unspecified atom stereocenters. The number of pyridine rings is 1. The zero-order valence-corrected chi connectivity index (χ0v) is 17.8. The van der Waals surface area contributed by atoms with Crippen LogP contribution in [0.2, 0.25) is 5.02 Å². The summed E-state index contributed by atoms with van der Waals surface area (Å²) in [4.78, 5) is 15.5. The van der Waals surface area contributed by atoms with E-state index >= 15 is 0 Å². The Morgan fingerprint density at radius 1 is 1.16 bits per heavy atom. The maximum absolute atomic E-state index is 11.0. The monoisotopic (exact) mass is 436 g/mol. The van der Waals surface area contributed by atoms with Crippen LogP contribution < -0.4 is 16.0 Å². The Labute approximate surface area is 186 Å². The number of hydrogen-bond donors (Lipinski definition) is 4. The van der Waals surface area contributed by atoms with Crippen LogP contribution >= 0.6 is 11.6 Å². The molecular formula is C24H25ClN4O2. The first-order chi connectivity index (χ1) is 15.1. The zero-order chi connectivity index (χ0) is 21.6. The summed E-state index contributed by atoms with van der Waals surface area (Å²) in [5.41, 5.74) is 3.94. The molecule has 4 N–H and O–H groups in total. The Bertz CT molecular complexity index is 1040. The van der Waals surface area contributed by atoms with Crippen molar-refractivity contribution in [1.82, 2.24) is 10.3 Å². The summed E-state index contributed by atoms with van der Waals surface area (Å²) in [6, 6.07) is 20.0. The predicted molar refractivity (Wildman–Crippen MR) is 124 cm³/mol. The van der Waals surface area contributed by atoms with E-state index in [9.17, 15) is 4.79 Å². The maximum atomic E-state index is 11.0. The van der Waals surface area contributed by atoms with E-state index in [4.69, 9.17) is 16.7 Å². The highest BCUT2D eigenvalue weighted by Crippen LogP contribution is 2.28. The van der Waals surface area contributed by atoms with Crippen molar-refractivity contribution in [2.24, 2.45) is 0 Å². The van der Waals surface area contributed by atoms with Crippen LogP contribution in [-0.4, -0.2) is 35.2 Å². The molecule has 2 atom stereocenters. The van der Waals surface area contributed by atoms with Gasteiger partial charge in [-0.25, -0.2) is 4.98 Å². The highest BCUT2D eigenvalue weighted by molar-refractivity contribution is 6.30. The number of aliphatic carboxylic acids is 1. The lowest BCUT2D eigenvalue weighted by Gasteiger charge is -2.34. The van der Waals surface area contributed by atoms with E-state index in [1.165, 1.54) is 5.56 Å². The number of carbonyl (C=O) groups is 1. The summed E-state index contributed by atoms with van der Waals surface area (Å²) in [6.07, 6.45) is 2.50. The van der Waals surface area contributed by atoms with Crippen LogP contribution in [0.15, 0.2) is 66.9 Å². The third-order valence-corrected chi connectivity index (χ3v) is 5.57. The van der Waals surface area contributed by atoms with E-state index in [0.29, 0.717) is 5.02 Å². The fourth-order valence-corrected chi connectivity index (χ4v) is 4.25. The van der Waals surface area contributed by atoms with Crippen LogP contribution in [0.5, 0.6) is 0 Å². The van der Waals surface area contributed by atoms with E-state index in [0.717, 1.165) is 42.1 Å². The SMILES string of the molecule is O=C(O)Cc1cc(Cl)cc(CCN[C@H](c2ccccc2)[C@H]2CNc3cccnc3N2)c1. The molecule has 0 aliphatic carbocycles. The third kappa shape index (κ3) is 5.54. The fourth-order valence-electron chi connectivity index (χ4n) is 3.97.